The molecule has 0 radical (unpaired) electrons. The molecule has 19 heavy (non-hydrogen) atoms. The lowest BCUT2D eigenvalue weighted by Crippen LogP contribution is -2.35. The van der Waals surface area contributed by atoms with Gasteiger partial charge in [-0.3, -0.25) is 4.79 Å². The monoisotopic (exact) mass is 260 g/mol. The molecule has 2 atom stereocenters. The Morgan fingerprint density at radius 3 is 2.63 bits per heavy atom. The van der Waals surface area contributed by atoms with Gasteiger partial charge in [0.1, 0.15) is 5.75 Å². The number of carbonyl (C=O) groups is 1. The molecule has 0 spiro atoms. The molecule has 3 rings (SSSR count). The molecule has 4 heteroatoms. The van der Waals surface area contributed by atoms with Crippen molar-refractivity contribution in [1.29, 1.82) is 0 Å². The Bertz CT molecular complexity index is 454. The van der Waals surface area contributed by atoms with Crippen LogP contribution in [0.3, 0.4) is 0 Å². The van der Waals surface area contributed by atoms with Crippen molar-refractivity contribution in [3.63, 3.8) is 0 Å². The van der Waals surface area contributed by atoms with E-state index in [1.54, 1.807) is 7.11 Å². The summed E-state index contributed by atoms with van der Waals surface area (Å²) >= 11 is 0. The summed E-state index contributed by atoms with van der Waals surface area (Å²) < 4.78 is 5.17. The first kappa shape index (κ1) is 12.5. The van der Waals surface area contributed by atoms with E-state index in [4.69, 9.17) is 4.74 Å². The molecule has 1 heterocycles. The predicted molar refractivity (Wildman–Crippen MR) is 73.3 cm³/mol. The molecule has 1 aliphatic heterocycles. The third kappa shape index (κ3) is 2.73. The Morgan fingerprint density at radius 1 is 1.26 bits per heavy atom. The second-order valence-corrected chi connectivity index (χ2v) is 5.43. The van der Waals surface area contributed by atoms with E-state index in [1.165, 1.54) is 5.56 Å². The van der Waals surface area contributed by atoms with Crippen LogP contribution in [-0.2, 0) is 4.79 Å². The van der Waals surface area contributed by atoms with E-state index >= 15 is 0 Å². The normalized spacial score (nSPS) is 26.2. The molecule has 0 aromatic heterocycles. The average molecular weight is 260 g/mol. The number of hydrogen-bond donors (Lipinski definition) is 2. The topological polar surface area (TPSA) is 50.4 Å². The van der Waals surface area contributed by atoms with Crippen molar-refractivity contribution in [2.45, 2.75) is 24.8 Å². The maximum atomic E-state index is 12.2. The van der Waals surface area contributed by atoms with Gasteiger partial charge in [-0.05, 0) is 30.5 Å². The molecular weight excluding hydrogens is 240 g/mol. The fourth-order valence-corrected chi connectivity index (χ4v) is 2.69. The van der Waals surface area contributed by atoms with Crippen LogP contribution < -0.4 is 15.4 Å². The standard InChI is InChI=1S/C15H20N2O2/c1-19-12-6-2-10(3-7-12)13-8-16-9-14(13)15(18)17-11-4-5-11/h2-3,6-7,11,13-14,16H,4-5,8-9H2,1H3,(H,17,18). The fraction of sp³-hybridized carbons (Fsp3) is 0.533. The van der Waals surface area contributed by atoms with E-state index in [0.717, 1.165) is 31.7 Å². The van der Waals surface area contributed by atoms with Crippen LogP contribution in [0.5, 0.6) is 5.75 Å². The molecule has 102 valence electrons. The van der Waals surface area contributed by atoms with Gasteiger partial charge in [0, 0.05) is 25.0 Å². The molecule has 4 nitrogen and oxygen atoms in total. The smallest absolute Gasteiger partial charge is 0.225 e. The molecule has 1 aromatic carbocycles. The summed E-state index contributed by atoms with van der Waals surface area (Å²) in [5.41, 5.74) is 1.21. The van der Waals surface area contributed by atoms with Gasteiger partial charge >= 0.3 is 0 Å². The third-order valence-electron chi connectivity index (χ3n) is 4.02. The number of ether oxygens (including phenoxy) is 1. The van der Waals surface area contributed by atoms with Crippen molar-refractivity contribution in [3.05, 3.63) is 29.8 Å². The number of methoxy groups -OCH3 is 1. The Balaban J connectivity index is 1.71. The summed E-state index contributed by atoms with van der Waals surface area (Å²) in [7, 11) is 1.66. The average Bonchev–Trinajstić information content (AvgIpc) is 3.11. The summed E-state index contributed by atoms with van der Waals surface area (Å²) in [6.45, 7) is 1.64. The number of nitrogens with one attached hydrogen (secondary N) is 2. The van der Waals surface area contributed by atoms with Gasteiger partial charge in [-0.25, -0.2) is 0 Å². The van der Waals surface area contributed by atoms with Gasteiger partial charge < -0.3 is 15.4 Å². The Hall–Kier alpha value is -1.55. The van der Waals surface area contributed by atoms with Gasteiger partial charge in [-0.2, -0.15) is 0 Å². The van der Waals surface area contributed by atoms with E-state index in [-0.39, 0.29) is 17.7 Å². The highest BCUT2D eigenvalue weighted by molar-refractivity contribution is 5.81. The minimum absolute atomic E-state index is 0.0500. The van der Waals surface area contributed by atoms with Crippen molar-refractivity contribution in [2.24, 2.45) is 5.92 Å². The van der Waals surface area contributed by atoms with Crippen molar-refractivity contribution in [3.8, 4) is 5.75 Å². The third-order valence-corrected chi connectivity index (χ3v) is 4.02. The second-order valence-electron chi connectivity index (χ2n) is 5.43. The Morgan fingerprint density at radius 2 is 2.00 bits per heavy atom. The molecule has 1 saturated carbocycles. The molecule has 2 unspecified atom stereocenters. The Kier molecular flexibility index (Phi) is 3.42. The largest absolute Gasteiger partial charge is 0.497 e. The van der Waals surface area contributed by atoms with Crippen molar-refractivity contribution in [1.82, 2.24) is 10.6 Å². The van der Waals surface area contributed by atoms with Crippen LogP contribution in [0.4, 0.5) is 0 Å². The molecule has 0 bridgehead atoms. The zero-order chi connectivity index (χ0) is 13.2. The van der Waals surface area contributed by atoms with Crippen LogP contribution in [0.25, 0.3) is 0 Å². The van der Waals surface area contributed by atoms with Gasteiger partial charge in [-0.15, -0.1) is 0 Å². The summed E-state index contributed by atoms with van der Waals surface area (Å²) in [6.07, 6.45) is 2.28. The molecule has 1 amide bonds. The van der Waals surface area contributed by atoms with Crippen LogP contribution in [0.15, 0.2) is 24.3 Å². The number of hydrogen-bond acceptors (Lipinski definition) is 3. The lowest BCUT2D eigenvalue weighted by Gasteiger charge is -2.18. The van der Waals surface area contributed by atoms with Gasteiger partial charge in [0.05, 0.1) is 13.0 Å². The molecule has 1 aliphatic carbocycles. The highest BCUT2D eigenvalue weighted by Gasteiger charge is 2.36. The first-order valence-electron chi connectivity index (χ1n) is 6.93. The minimum Gasteiger partial charge on any atom is -0.497 e. The maximum absolute atomic E-state index is 12.2. The highest BCUT2D eigenvalue weighted by atomic mass is 16.5. The van der Waals surface area contributed by atoms with Gasteiger partial charge in [-0.1, -0.05) is 12.1 Å². The summed E-state index contributed by atoms with van der Waals surface area (Å²) in [5.74, 6) is 1.38. The van der Waals surface area contributed by atoms with Gasteiger partial charge in [0.15, 0.2) is 0 Å². The molecule has 1 aromatic rings. The zero-order valence-corrected chi connectivity index (χ0v) is 11.2. The summed E-state index contributed by atoms with van der Waals surface area (Å²) in [4.78, 5) is 12.2. The van der Waals surface area contributed by atoms with Gasteiger partial charge in [0.25, 0.3) is 0 Å². The van der Waals surface area contributed by atoms with Gasteiger partial charge in [0.2, 0.25) is 5.91 Å². The molecule has 1 saturated heterocycles. The van der Waals surface area contributed by atoms with Crippen LogP contribution in [0.2, 0.25) is 0 Å². The highest BCUT2D eigenvalue weighted by Crippen LogP contribution is 2.30. The molecular formula is C15H20N2O2. The number of carbonyl (C=O) groups excluding carboxylic acids is 1. The van der Waals surface area contributed by atoms with E-state index in [2.05, 4.69) is 22.8 Å². The second kappa shape index (κ2) is 5.21. The van der Waals surface area contributed by atoms with Crippen molar-refractivity contribution < 1.29 is 9.53 Å². The predicted octanol–water partition coefficient (Wildman–Crippen LogP) is 1.28. The lowest BCUT2D eigenvalue weighted by molar-refractivity contribution is -0.124. The first-order chi connectivity index (χ1) is 9.28. The zero-order valence-electron chi connectivity index (χ0n) is 11.2. The van der Waals surface area contributed by atoms with E-state index in [1.807, 2.05) is 12.1 Å². The summed E-state index contributed by atoms with van der Waals surface area (Å²) in [5, 5.41) is 6.45. The van der Waals surface area contributed by atoms with Crippen molar-refractivity contribution >= 4 is 5.91 Å². The van der Waals surface area contributed by atoms with E-state index in [0.29, 0.717) is 6.04 Å². The molecule has 2 fully saturated rings. The van der Waals surface area contributed by atoms with Crippen LogP contribution in [0, 0.1) is 5.92 Å². The van der Waals surface area contributed by atoms with E-state index < -0.39 is 0 Å². The van der Waals surface area contributed by atoms with E-state index in [9.17, 15) is 4.79 Å². The molecule has 2 N–H and O–H groups in total. The molecule has 2 aliphatic rings. The number of benzene rings is 1. The van der Waals surface area contributed by atoms with Crippen LogP contribution in [0.1, 0.15) is 24.3 Å². The fourth-order valence-electron chi connectivity index (χ4n) is 2.69. The summed E-state index contributed by atoms with van der Waals surface area (Å²) in [6, 6.07) is 8.49. The number of amides is 1. The number of rotatable bonds is 4. The van der Waals surface area contributed by atoms with Crippen LogP contribution >= 0.6 is 0 Å². The Labute approximate surface area is 113 Å². The quantitative estimate of drug-likeness (QED) is 0.857. The SMILES string of the molecule is COc1ccc(C2CNCC2C(=O)NC2CC2)cc1. The minimum atomic E-state index is 0.0500. The van der Waals surface area contributed by atoms with Crippen LogP contribution in [-0.4, -0.2) is 32.1 Å². The maximum Gasteiger partial charge on any atom is 0.225 e. The lowest BCUT2D eigenvalue weighted by atomic mass is 9.88. The van der Waals surface area contributed by atoms with Crippen molar-refractivity contribution in [2.75, 3.05) is 20.2 Å². The first-order valence-corrected chi connectivity index (χ1v) is 6.93.